The minimum absolute atomic E-state index is 0.0544. The van der Waals surface area contributed by atoms with Gasteiger partial charge in [0.1, 0.15) is 0 Å². The van der Waals surface area contributed by atoms with Gasteiger partial charge in [-0.15, -0.1) is 0 Å². The second kappa shape index (κ2) is 5.45. The van der Waals surface area contributed by atoms with E-state index in [0.717, 1.165) is 4.90 Å². The predicted molar refractivity (Wildman–Crippen MR) is 56.6 cm³/mol. The highest BCUT2D eigenvalue weighted by molar-refractivity contribution is 5.98. The molecule has 3 N–H and O–H groups in total. The third-order valence-corrected chi connectivity index (χ3v) is 2.34. The minimum atomic E-state index is -0.554. The van der Waals surface area contributed by atoms with Crippen LogP contribution in [0.2, 0.25) is 0 Å². The van der Waals surface area contributed by atoms with Crippen molar-refractivity contribution in [2.24, 2.45) is 0 Å². The van der Waals surface area contributed by atoms with E-state index in [2.05, 4.69) is 16.0 Å². The van der Waals surface area contributed by atoms with Gasteiger partial charge in [0.05, 0.1) is 12.6 Å². The van der Waals surface area contributed by atoms with Gasteiger partial charge in [0.2, 0.25) is 11.8 Å². The van der Waals surface area contributed by atoms with Gasteiger partial charge in [0.25, 0.3) is 0 Å². The Morgan fingerprint density at radius 1 is 1.56 bits per heavy atom. The second-order valence-electron chi connectivity index (χ2n) is 3.50. The lowest BCUT2D eigenvalue weighted by Crippen LogP contribution is -2.48. The fourth-order valence-corrected chi connectivity index (χ4v) is 1.34. The number of rotatable bonds is 4. The summed E-state index contributed by atoms with van der Waals surface area (Å²) in [5, 5.41) is 7.72. The molecule has 0 bridgehead atoms. The maximum absolute atomic E-state index is 11.7. The highest BCUT2D eigenvalue weighted by atomic mass is 16.2. The number of nitrogens with one attached hydrogen (secondary N) is 3. The first kappa shape index (κ1) is 12.4. The van der Waals surface area contributed by atoms with Gasteiger partial charge >= 0.3 is 6.03 Å². The Kier molecular flexibility index (Phi) is 4.24. The molecular formula is C9H16N4O3. The standard InChI is InChI=1S/C9H16N4O3/c1-6(12-5-7(14)10-2)8(15)13-4-3-11-9(13)16/h6,12H,3-5H2,1-2H3,(H,10,14)(H,11,16)/t6-/m0/s1. The van der Waals surface area contributed by atoms with Gasteiger partial charge < -0.3 is 10.6 Å². The number of amides is 4. The van der Waals surface area contributed by atoms with Crippen LogP contribution in [-0.2, 0) is 9.59 Å². The summed E-state index contributed by atoms with van der Waals surface area (Å²) in [4.78, 5) is 35.0. The highest BCUT2D eigenvalue weighted by Gasteiger charge is 2.29. The normalized spacial score (nSPS) is 16.9. The third kappa shape index (κ3) is 2.93. The number of hydrogen-bond acceptors (Lipinski definition) is 4. The van der Waals surface area contributed by atoms with E-state index in [-0.39, 0.29) is 24.4 Å². The van der Waals surface area contributed by atoms with Crippen LogP contribution >= 0.6 is 0 Å². The zero-order valence-electron chi connectivity index (χ0n) is 9.37. The lowest BCUT2D eigenvalue weighted by atomic mass is 10.3. The molecule has 0 aromatic carbocycles. The van der Waals surface area contributed by atoms with Crippen molar-refractivity contribution < 1.29 is 14.4 Å². The highest BCUT2D eigenvalue weighted by Crippen LogP contribution is 2.00. The van der Waals surface area contributed by atoms with Crippen molar-refractivity contribution >= 4 is 17.8 Å². The molecule has 7 heteroatoms. The predicted octanol–water partition coefficient (Wildman–Crippen LogP) is -1.74. The quantitative estimate of drug-likeness (QED) is 0.533. The minimum Gasteiger partial charge on any atom is -0.358 e. The van der Waals surface area contributed by atoms with Crippen molar-refractivity contribution in [3.8, 4) is 0 Å². The van der Waals surface area contributed by atoms with Crippen molar-refractivity contribution in [1.29, 1.82) is 0 Å². The first-order chi connectivity index (χ1) is 7.56. The molecule has 0 unspecified atom stereocenters. The number of hydrogen-bond donors (Lipinski definition) is 3. The fraction of sp³-hybridized carbons (Fsp3) is 0.667. The molecule has 1 atom stereocenters. The van der Waals surface area contributed by atoms with Crippen LogP contribution in [0, 0.1) is 0 Å². The van der Waals surface area contributed by atoms with E-state index in [0.29, 0.717) is 13.1 Å². The molecule has 0 radical (unpaired) electrons. The summed E-state index contributed by atoms with van der Waals surface area (Å²) >= 11 is 0. The summed E-state index contributed by atoms with van der Waals surface area (Å²) in [6.45, 7) is 2.53. The average molecular weight is 228 g/mol. The van der Waals surface area contributed by atoms with E-state index in [1.165, 1.54) is 7.05 Å². The molecular weight excluding hydrogens is 212 g/mol. The molecule has 1 saturated heterocycles. The molecule has 0 aromatic heterocycles. The molecule has 0 aromatic rings. The van der Waals surface area contributed by atoms with E-state index < -0.39 is 6.04 Å². The van der Waals surface area contributed by atoms with Gasteiger partial charge in [0, 0.05) is 20.1 Å². The SMILES string of the molecule is CNC(=O)CN[C@@H](C)C(=O)N1CCNC1=O. The maximum atomic E-state index is 11.7. The zero-order valence-corrected chi connectivity index (χ0v) is 9.37. The fourth-order valence-electron chi connectivity index (χ4n) is 1.34. The van der Waals surface area contributed by atoms with Crippen LogP contribution in [0.3, 0.4) is 0 Å². The molecule has 0 spiro atoms. The molecule has 0 aliphatic carbocycles. The van der Waals surface area contributed by atoms with Gasteiger partial charge in [-0.1, -0.05) is 0 Å². The van der Waals surface area contributed by atoms with Gasteiger partial charge in [-0.2, -0.15) is 0 Å². The van der Waals surface area contributed by atoms with Crippen LogP contribution in [0.15, 0.2) is 0 Å². The van der Waals surface area contributed by atoms with Gasteiger partial charge in [0.15, 0.2) is 0 Å². The molecule has 1 rings (SSSR count). The summed E-state index contributed by atoms with van der Waals surface area (Å²) in [6.07, 6.45) is 0. The maximum Gasteiger partial charge on any atom is 0.324 e. The van der Waals surface area contributed by atoms with E-state index in [1.807, 2.05) is 0 Å². The van der Waals surface area contributed by atoms with Crippen LogP contribution in [0.5, 0.6) is 0 Å². The summed E-state index contributed by atoms with van der Waals surface area (Å²) in [7, 11) is 1.52. The molecule has 1 aliphatic rings. The average Bonchev–Trinajstić information content (AvgIpc) is 2.70. The molecule has 1 aliphatic heterocycles. The first-order valence-electron chi connectivity index (χ1n) is 5.09. The van der Waals surface area contributed by atoms with E-state index in [4.69, 9.17) is 0 Å². The number of imide groups is 1. The van der Waals surface area contributed by atoms with Crippen LogP contribution < -0.4 is 16.0 Å². The largest absolute Gasteiger partial charge is 0.358 e. The van der Waals surface area contributed by atoms with E-state index in [1.54, 1.807) is 6.92 Å². The van der Waals surface area contributed by atoms with Crippen LogP contribution in [0.4, 0.5) is 4.79 Å². The molecule has 4 amide bonds. The summed E-state index contributed by atoms with van der Waals surface area (Å²) in [5.41, 5.74) is 0. The van der Waals surface area contributed by atoms with Crippen molar-refractivity contribution in [2.75, 3.05) is 26.7 Å². The summed E-state index contributed by atoms with van der Waals surface area (Å²) in [5.74, 6) is -0.524. The van der Waals surface area contributed by atoms with Crippen LogP contribution in [-0.4, -0.2) is 55.5 Å². The van der Waals surface area contributed by atoms with Crippen LogP contribution in [0.1, 0.15) is 6.92 Å². The lowest BCUT2D eigenvalue weighted by Gasteiger charge is -2.18. The number of carbonyl (C=O) groups excluding carboxylic acids is 3. The van der Waals surface area contributed by atoms with Gasteiger partial charge in [-0.3, -0.25) is 19.8 Å². The van der Waals surface area contributed by atoms with Gasteiger partial charge in [-0.05, 0) is 6.92 Å². The van der Waals surface area contributed by atoms with Crippen LogP contribution in [0.25, 0.3) is 0 Å². The second-order valence-corrected chi connectivity index (χ2v) is 3.50. The summed E-state index contributed by atoms with van der Waals surface area (Å²) < 4.78 is 0. The van der Waals surface area contributed by atoms with Crippen molar-refractivity contribution in [2.45, 2.75) is 13.0 Å². The van der Waals surface area contributed by atoms with E-state index in [9.17, 15) is 14.4 Å². The Bertz CT molecular complexity index is 305. The molecule has 1 heterocycles. The monoisotopic (exact) mass is 228 g/mol. The van der Waals surface area contributed by atoms with E-state index >= 15 is 0 Å². The topological polar surface area (TPSA) is 90.5 Å². The first-order valence-corrected chi connectivity index (χ1v) is 5.09. The Hall–Kier alpha value is -1.63. The summed E-state index contributed by atoms with van der Waals surface area (Å²) in [6, 6.07) is -0.931. The molecule has 7 nitrogen and oxygen atoms in total. The van der Waals surface area contributed by atoms with Crippen molar-refractivity contribution in [1.82, 2.24) is 20.9 Å². The number of urea groups is 1. The number of nitrogens with zero attached hydrogens (tertiary/aromatic N) is 1. The Balaban J connectivity index is 2.41. The number of carbonyl (C=O) groups is 3. The van der Waals surface area contributed by atoms with Gasteiger partial charge in [-0.25, -0.2) is 4.79 Å². The molecule has 1 fully saturated rings. The Morgan fingerprint density at radius 2 is 2.25 bits per heavy atom. The molecule has 90 valence electrons. The molecule has 16 heavy (non-hydrogen) atoms. The molecule has 0 saturated carbocycles. The van der Waals surface area contributed by atoms with Crippen molar-refractivity contribution in [3.63, 3.8) is 0 Å². The lowest BCUT2D eigenvalue weighted by molar-refractivity contribution is -0.129. The van der Waals surface area contributed by atoms with Crippen molar-refractivity contribution in [3.05, 3.63) is 0 Å². The Morgan fingerprint density at radius 3 is 2.75 bits per heavy atom. The third-order valence-electron chi connectivity index (χ3n) is 2.34. The Labute approximate surface area is 93.5 Å². The zero-order chi connectivity index (χ0) is 12.1. The number of likely N-dealkylation sites (N-methyl/N-ethyl adjacent to an activating group) is 1. The smallest absolute Gasteiger partial charge is 0.324 e.